The highest BCUT2D eigenvalue weighted by molar-refractivity contribution is 6.30. The van der Waals surface area contributed by atoms with Crippen molar-refractivity contribution in [1.82, 2.24) is 5.32 Å². The van der Waals surface area contributed by atoms with Crippen LogP contribution in [-0.2, 0) is 9.53 Å². The maximum Gasteiger partial charge on any atom is 0.448 e. The lowest BCUT2D eigenvalue weighted by Crippen LogP contribution is -2.64. The maximum atomic E-state index is 12.8. The van der Waals surface area contributed by atoms with Crippen LogP contribution in [0.5, 0.6) is 0 Å². The molecule has 1 atom stereocenters. The molecule has 1 aromatic carbocycles. The first-order valence-electron chi connectivity index (χ1n) is 5.66. The average Bonchev–Trinajstić information content (AvgIpc) is 2.38. The number of rotatable bonds is 4. The van der Waals surface area contributed by atoms with Crippen LogP contribution in [0.3, 0.4) is 0 Å². The van der Waals surface area contributed by atoms with E-state index in [-0.39, 0.29) is 10.6 Å². The SMILES string of the molecule is CCOC(=O)[C@](O)(NC(=O)c1ccc(Cl)cc1)C(F)(F)F. The fourth-order valence-electron chi connectivity index (χ4n) is 1.31. The number of alkyl halides is 3. The number of benzene rings is 1. The number of hydrogen-bond donors (Lipinski definition) is 2. The summed E-state index contributed by atoms with van der Waals surface area (Å²) >= 11 is 5.58. The van der Waals surface area contributed by atoms with E-state index in [2.05, 4.69) is 4.74 Å². The molecule has 0 aliphatic carbocycles. The van der Waals surface area contributed by atoms with E-state index >= 15 is 0 Å². The van der Waals surface area contributed by atoms with E-state index < -0.39 is 30.4 Å². The van der Waals surface area contributed by atoms with Crippen LogP contribution in [0.15, 0.2) is 24.3 Å². The first-order chi connectivity index (χ1) is 9.61. The summed E-state index contributed by atoms with van der Waals surface area (Å²) < 4.78 is 42.6. The fraction of sp³-hybridized carbons (Fsp3) is 0.333. The minimum Gasteiger partial charge on any atom is -0.462 e. The Hall–Kier alpha value is -1.80. The molecule has 5 nitrogen and oxygen atoms in total. The highest BCUT2D eigenvalue weighted by Crippen LogP contribution is 2.30. The van der Waals surface area contributed by atoms with Crippen molar-refractivity contribution >= 4 is 23.5 Å². The van der Waals surface area contributed by atoms with Crippen molar-refractivity contribution in [2.75, 3.05) is 6.61 Å². The molecule has 0 saturated carbocycles. The summed E-state index contributed by atoms with van der Waals surface area (Å²) in [6, 6.07) is 4.82. The van der Waals surface area contributed by atoms with E-state index in [0.29, 0.717) is 0 Å². The first-order valence-corrected chi connectivity index (χ1v) is 6.04. The topological polar surface area (TPSA) is 75.6 Å². The summed E-state index contributed by atoms with van der Waals surface area (Å²) in [5.74, 6) is -3.32. The summed E-state index contributed by atoms with van der Waals surface area (Å²) in [6.07, 6.45) is -5.44. The molecule has 116 valence electrons. The monoisotopic (exact) mass is 325 g/mol. The molecule has 9 heteroatoms. The van der Waals surface area contributed by atoms with Crippen molar-refractivity contribution in [1.29, 1.82) is 0 Å². The van der Waals surface area contributed by atoms with Gasteiger partial charge in [-0.15, -0.1) is 0 Å². The van der Waals surface area contributed by atoms with Gasteiger partial charge in [0.1, 0.15) is 0 Å². The van der Waals surface area contributed by atoms with Gasteiger partial charge in [-0.25, -0.2) is 4.79 Å². The van der Waals surface area contributed by atoms with Gasteiger partial charge in [-0.2, -0.15) is 13.2 Å². The van der Waals surface area contributed by atoms with Gasteiger partial charge in [0.15, 0.2) is 0 Å². The van der Waals surface area contributed by atoms with E-state index in [4.69, 9.17) is 11.6 Å². The molecule has 0 heterocycles. The summed E-state index contributed by atoms with van der Waals surface area (Å²) in [5, 5.41) is 11.0. The van der Waals surface area contributed by atoms with E-state index in [1.165, 1.54) is 24.4 Å². The molecule has 0 saturated heterocycles. The minimum absolute atomic E-state index is 0.216. The Morgan fingerprint density at radius 2 is 1.81 bits per heavy atom. The van der Waals surface area contributed by atoms with Gasteiger partial charge in [-0.05, 0) is 31.2 Å². The molecule has 2 N–H and O–H groups in total. The quantitative estimate of drug-likeness (QED) is 0.655. The summed E-state index contributed by atoms with van der Waals surface area (Å²) in [5.41, 5.74) is -4.34. The molecule has 1 aromatic rings. The number of halogens is 4. The predicted molar refractivity (Wildman–Crippen MR) is 66.6 cm³/mol. The minimum atomic E-state index is -5.44. The summed E-state index contributed by atoms with van der Waals surface area (Å²) in [6.45, 7) is 0.865. The lowest BCUT2D eigenvalue weighted by molar-refractivity contribution is -0.269. The Morgan fingerprint density at radius 1 is 1.29 bits per heavy atom. The van der Waals surface area contributed by atoms with Crippen molar-refractivity contribution in [3.8, 4) is 0 Å². The van der Waals surface area contributed by atoms with E-state index in [9.17, 15) is 27.9 Å². The number of esters is 1. The number of hydrogen-bond acceptors (Lipinski definition) is 4. The zero-order valence-electron chi connectivity index (χ0n) is 10.7. The highest BCUT2D eigenvalue weighted by Gasteiger charge is 2.62. The van der Waals surface area contributed by atoms with Crippen LogP contribution in [-0.4, -0.2) is 35.5 Å². The smallest absolute Gasteiger partial charge is 0.448 e. The van der Waals surface area contributed by atoms with Crippen LogP contribution in [0.4, 0.5) is 13.2 Å². The number of aliphatic hydroxyl groups is 1. The Bertz CT molecular complexity index is 532. The molecule has 0 aromatic heterocycles. The van der Waals surface area contributed by atoms with Crippen molar-refractivity contribution in [2.45, 2.75) is 18.8 Å². The molecular formula is C12H11ClF3NO4. The molecule has 0 spiro atoms. The number of carbonyl (C=O) groups is 2. The molecule has 0 fully saturated rings. The number of carbonyl (C=O) groups excluding carboxylic acids is 2. The van der Waals surface area contributed by atoms with Crippen molar-refractivity contribution in [3.05, 3.63) is 34.9 Å². The van der Waals surface area contributed by atoms with Gasteiger partial charge in [0.2, 0.25) is 0 Å². The third kappa shape index (κ3) is 3.85. The van der Waals surface area contributed by atoms with Crippen molar-refractivity contribution in [2.24, 2.45) is 0 Å². The molecule has 0 radical (unpaired) electrons. The van der Waals surface area contributed by atoms with Gasteiger partial charge >= 0.3 is 17.9 Å². The third-order valence-electron chi connectivity index (χ3n) is 2.38. The number of ether oxygens (including phenoxy) is 1. The standard InChI is InChI=1S/C12H11ClF3NO4/c1-2-21-10(19)11(20,12(14,15)16)17-9(18)7-3-5-8(13)6-4-7/h3-6,20H,2H2,1H3,(H,17,18)/t11-/m1/s1. The second kappa shape index (κ2) is 6.31. The second-order valence-electron chi connectivity index (χ2n) is 3.89. The van der Waals surface area contributed by atoms with Crippen LogP contribution in [0.1, 0.15) is 17.3 Å². The average molecular weight is 326 g/mol. The molecule has 21 heavy (non-hydrogen) atoms. The van der Waals surface area contributed by atoms with Gasteiger partial charge in [0.05, 0.1) is 6.61 Å². The van der Waals surface area contributed by atoms with Crippen molar-refractivity contribution in [3.63, 3.8) is 0 Å². The Balaban J connectivity index is 3.04. The van der Waals surface area contributed by atoms with Gasteiger partial charge in [-0.3, -0.25) is 4.79 Å². The Labute approximate surface area is 122 Å². The van der Waals surface area contributed by atoms with Gasteiger partial charge in [0.25, 0.3) is 5.91 Å². The molecule has 1 rings (SSSR count). The fourth-order valence-corrected chi connectivity index (χ4v) is 1.44. The van der Waals surface area contributed by atoms with Crippen LogP contribution < -0.4 is 5.32 Å². The molecule has 1 amide bonds. The van der Waals surface area contributed by atoms with E-state index in [0.717, 1.165) is 12.1 Å². The zero-order chi connectivity index (χ0) is 16.3. The largest absolute Gasteiger partial charge is 0.462 e. The molecular weight excluding hydrogens is 315 g/mol. The first kappa shape index (κ1) is 17.3. The predicted octanol–water partition coefficient (Wildman–Crippen LogP) is 1.88. The van der Waals surface area contributed by atoms with Crippen molar-refractivity contribution < 1.29 is 32.6 Å². The van der Waals surface area contributed by atoms with Crippen LogP contribution >= 0.6 is 11.6 Å². The third-order valence-corrected chi connectivity index (χ3v) is 2.63. The zero-order valence-corrected chi connectivity index (χ0v) is 11.5. The molecule has 0 bridgehead atoms. The lowest BCUT2D eigenvalue weighted by atomic mass is 10.1. The highest BCUT2D eigenvalue weighted by atomic mass is 35.5. The number of nitrogens with one attached hydrogen (secondary N) is 1. The number of amides is 1. The second-order valence-corrected chi connectivity index (χ2v) is 4.33. The van der Waals surface area contributed by atoms with Gasteiger partial charge in [-0.1, -0.05) is 11.6 Å². The molecule has 0 aliphatic heterocycles. The summed E-state index contributed by atoms with van der Waals surface area (Å²) in [7, 11) is 0. The van der Waals surface area contributed by atoms with Gasteiger partial charge in [0, 0.05) is 10.6 Å². The maximum absolute atomic E-state index is 12.8. The molecule has 0 aliphatic rings. The van der Waals surface area contributed by atoms with Crippen LogP contribution in [0.25, 0.3) is 0 Å². The van der Waals surface area contributed by atoms with Crippen LogP contribution in [0.2, 0.25) is 5.02 Å². The summed E-state index contributed by atoms with van der Waals surface area (Å²) in [4.78, 5) is 23.0. The Morgan fingerprint density at radius 3 is 2.24 bits per heavy atom. The van der Waals surface area contributed by atoms with Gasteiger partial charge < -0.3 is 15.2 Å². The van der Waals surface area contributed by atoms with E-state index in [1.54, 1.807) is 0 Å². The van der Waals surface area contributed by atoms with E-state index in [1.807, 2.05) is 0 Å². The normalized spacial score (nSPS) is 14.2. The molecule has 0 unspecified atom stereocenters. The van der Waals surface area contributed by atoms with Crippen LogP contribution in [0, 0.1) is 0 Å². The Kier molecular flexibility index (Phi) is 5.19. The lowest BCUT2D eigenvalue weighted by Gasteiger charge is -2.28.